The number of hydrogen-bond donors (Lipinski definition) is 1. The molecule has 0 radical (unpaired) electrons. The lowest BCUT2D eigenvalue weighted by atomic mass is 9.69. The average molecular weight is 315 g/mol. The van der Waals surface area contributed by atoms with Gasteiger partial charge in [0, 0.05) is 17.5 Å². The van der Waals surface area contributed by atoms with Gasteiger partial charge in [0.1, 0.15) is 18.8 Å². The molecule has 2 N–H and O–H groups in total. The maximum absolute atomic E-state index is 13.2. The third kappa shape index (κ3) is 2.53. The lowest BCUT2D eigenvalue weighted by Gasteiger charge is -2.39. The second kappa shape index (κ2) is 5.65. The first-order valence-electron chi connectivity index (χ1n) is 7.68. The Morgan fingerprint density at radius 3 is 2.23 bits per heavy atom. The minimum absolute atomic E-state index is 0.134. The molecule has 6 heteroatoms. The van der Waals surface area contributed by atoms with Gasteiger partial charge in [-0.1, -0.05) is 25.3 Å². The maximum atomic E-state index is 13.2. The molecule has 122 valence electrons. The first-order valence-corrected chi connectivity index (χ1v) is 7.68. The highest BCUT2D eigenvalue weighted by atomic mass is 19.4. The predicted molar refractivity (Wildman–Crippen MR) is 76.3 cm³/mol. The third-order valence-corrected chi connectivity index (χ3v) is 4.77. The Hall–Kier alpha value is -1.43. The molecular weight excluding hydrogens is 295 g/mol. The van der Waals surface area contributed by atoms with Crippen molar-refractivity contribution in [3.05, 3.63) is 23.3 Å². The van der Waals surface area contributed by atoms with Crippen molar-refractivity contribution in [3.8, 4) is 11.5 Å². The van der Waals surface area contributed by atoms with Crippen LogP contribution in [0.15, 0.2) is 12.1 Å². The van der Waals surface area contributed by atoms with Crippen molar-refractivity contribution in [2.75, 3.05) is 19.8 Å². The van der Waals surface area contributed by atoms with Crippen LogP contribution in [0.4, 0.5) is 13.2 Å². The molecule has 1 aromatic carbocycles. The summed E-state index contributed by atoms with van der Waals surface area (Å²) in [4.78, 5) is 0. The lowest BCUT2D eigenvalue weighted by Crippen LogP contribution is -2.38. The molecule has 0 spiro atoms. The van der Waals surface area contributed by atoms with Crippen LogP contribution in [0, 0.1) is 0 Å². The van der Waals surface area contributed by atoms with Gasteiger partial charge in [-0.15, -0.1) is 0 Å². The number of fused-ring (bicyclic) bond motifs is 1. The largest absolute Gasteiger partial charge is 0.486 e. The number of hydrogen-bond acceptors (Lipinski definition) is 3. The molecule has 2 aliphatic rings. The molecule has 1 aliphatic heterocycles. The molecule has 1 saturated carbocycles. The standard InChI is InChI=1S/C16H20F3NO2/c17-16(18,19)12-5-4-11(13-14(12)22-9-8-21-13)15(10-20)6-2-1-3-7-15/h4-5H,1-3,6-10,20H2. The Bertz CT molecular complexity index is 551. The Morgan fingerprint density at radius 1 is 1.00 bits per heavy atom. The Balaban J connectivity index is 2.13. The van der Waals surface area contributed by atoms with E-state index in [4.69, 9.17) is 15.2 Å². The zero-order chi connectivity index (χ0) is 15.8. The van der Waals surface area contributed by atoms with Gasteiger partial charge in [0.2, 0.25) is 0 Å². The van der Waals surface area contributed by atoms with Crippen LogP contribution in [0.25, 0.3) is 0 Å². The third-order valence-electron chi connectivity index (χ3n) is 4.77. The number of nitrogens with two attached hydrogens (primary N) is 1. The van der Waals surface area contributed by atoms with E-state index in [9.17, 15) is 13.2 Å². The molecule has 0 aromatic heterocycles. The fourth-order valence-electron chi connectivity index (χ4n) is 3.59. The van der Waals surface area contributed by atoms with E-state index in [2.05, 4.69) is 0 Å². The molecule has 0 amide bonds. The highest BCUT2D eigenvalue weighted by molar-refractivity contribution is 5.56. The molecule has 3 rings (SSSR count). The second-order valence-electron chi connectivity index (χ2n) is 6.06. The zero-order valence-electron chi connectivity index (χ0n) is 12.3. The molecule has 0 saturated heterocycles. The van der Waals surface area contributed by atoms with Crippen molar-refractivity contribution in [1.82, 2.24) is 0 Å². The Morgan fingerprint density at radius 2 is 1.64 bits per heavy atom. The van der Waals surface area contributed by atoms with Crippen LogP contribution >= 0.6 is 0 Å². The molecular formula is C16H20F3NO2. The summed E-state index contributed by atoms with van der Waals surface area (Å²) in [7, 11) is 0. The van der Waals surface area contributed by atoms with E-state index in [0.29, 0.717) is 6.54 Å². The fraction of sp³-hybridized carbons (Fsp3) is 0.625. The quantitative estimate of drug-likeness (QED) is 0.906. The van der Waals surface area contributed by atoms with Gasteiger partial charge in [0.25, 0.3) is 0 Å². The van der Waals surface area contributed by atoms with Crippen LogP contribution in [0.5, 0.6) is 11.5 Å². The van der Waals surface area contributed by atoms with Gasteiger partial charge < -0.3 is 15.2 Å². The van der Waals surface area contributed by atoms with E-state index in [0.717, 1.165) is 43.7 Å². The Labute approximate surface area is 127 Å². The van der Waals surface area contributed by atoms with Crippen LogP contribution < -0.4 is 15.2 Å². The molecule has 22 heavy (non-hydrogen) atoms. The molecule has 0 bridgehead atoms. The van der Waals surface area contributed by atoms with E-state index >= 15 is 0 Å². The van der Waals surface area contributed by atoms with Gasteiger partial charge in [0.15, 0.2) is 11.5 Å². The Kier molecular flexibility index (Phi) is 3.97. The van der Waals surface area contributed by atoms with Crippen LogP contribution in [0.2, 0.25) is 0 Å². The van der Waals surface area contributed by atoms with Gasteiger partial charge in [-0.3, -0.25) is 0 Å². The van der Waals surface area contributed by atoms with Crippen LogP contribution in [-0.4, -0.2) is 19.8 Å². The summed E-state index contributed by atoms with van der Waals surface area (Å²) in [6.07, 6.45) is 0.519. The van der Waals surface area contributed by atoms with Gasteiger partial charge in [-0.2, -0.15) is 13.2 Å². The minimum atomic E-state index is -4.45. The summed E-state index contributed by atoms with van der Waals surface area (Å²) >= 11 is 0. The molecule has 1 fully saturated rings. The number of ether oxygens (including phenoxy) is 2. The smallest absolute Gasteiger partial charge is 0.420 e. The van der Waals surface area contributed by atoms with E-state index in [1.165, 1.54) is 6.07 Å². The summed E-state index contributed by atoms with van der Waals surface area (Å²) in [5.41, 5.74) is 5.72. The normalized spacial score (nSPS) is 20.7. The van der Waals surface area contributed by atoms with Crippen molar-refractivity contribution in [2.45, 2.75) is 43.7 Å². The van der Waals surface area contributed by atoms with E-state index in [-0.39, 0.29) is 30.1 Å². The molecule has 1 aliphatic carbocycles. The van der Waals surface area contributed by atoms with Gasteiger partial charge in [0.05, 0.1) is 0 Å². The number of halogens is 3. The van der Waals surface area contributed by atoms with Crippen LogP contribution in [-0.2, 0) is 11.6 Å². The van der Waals surface area contributed by atoms with Crippen molar-refractivity contribution in [2.24, 2.45) is 5.73 Å². The van der Waals surface area contributed by atoms with Gasteiger partial charge in [-0.25, -0.2) is 0 Å². The predicted octanol–water partition coefficient (Wildman–Crippen LogP) is 3.64. The molecule has 3 nitrogen and oxygen atoms in total. The van der Waals surface area contributed by atoms with Crippen LogP contribution in [0.1, 0.15) is 43.2 Å². The first-order chi connectivity index (χ1) is 10.5. The van der Waals surface area contributed by atoms with Crippen molar-refractivity contribution < 1.29 is 22.6 Å². The maximum Gasteiger partial charge on any atom is 0.420 e. The van der Waals surface area contributed by atoms with Crippen molar-refractivity contribution >= 4 is 0 Å². The molecule has 1 heterocycles. The number of rotatable bonds is 2. The van der Waals surface area contributed by atoms with Gasteiger partial charge >= 0.3 is 6.18 Å². The first kappa shape index (κ1) is 15.5. The van der Waals surface area contributed by atoms with Gasteiger partial charge in [-0.05, 0) is 18.9 Å². The topological polar surface area (TPSA) is 44.5 Å². The molecule has 0 unspecified atom stereocenters. The summed E-state index contributed by atoms with van der Waals surface area (Å²) in [6.45, 7) is 0.811. The SMILES string of the molecule is NCC1(c2ccc(C(F)(F)F)c3c2OCCO3)CCCCC1. The summed E-state index contributed by atoms with van der Waals surface area (Å²) < 4.78 is 50.4. The summed E-state index contributed by atoms with van der Waals surface area (Å²) in [6, 6.07) is 2.64. The van der Waals surface area contributed by atoms with Crippen LogP contribution in [0.3, 0.4) is 0 Å². The highest BCUT2D eigenvalue weighted by Crippen LogP contribution is 2.50. The highest BCUT2D eigenvalue weighted by Gasteiger charge is 2.42. The fourth-order valence-corrected chi connectivity index (χ4v) is 3.59. The molecule has 1 aromatic rings. The van der Waals surface area contributed by atoms with Crippen molar-refractivity contribution in [3.63, 3.8) is 0 Å². The van der Waals surface area contributed by atoms with E-state index in [1.807, 2.05) is 0 Å². The monoisotopic (exact) mass is 315 g/mol. The number of alkyl halides is 3. The summed E-state index contributed by atoms with van der Waals surface area (Å²) in [5.74, 6) is 0.0723. The summed E-state index contributed by atoms with van der Waals surface area (Å²) in [5, 5.41) is 0. The minimum Gasteiger partial charge on any atom is -0.486 e. The number of benzene rings is 1. The van der Waals surface area contributed by atoms with E-state index in [1.54, 1.807) is 0 Å². The lowest BCUT2D eigenvalue weighted by molar-refractivity contribution is -0.139. The van der Waals surface area contributed by atoms with E-state index < -0.39 is 11.7 Å². The zero-order valence-corrected chi connectivity index (χ0v) is 12.3. The second-order valence-corrected chi connectivity index (χ2v) is 6.06. The van der Waals surface area contributed by atoms with Crippen molar-refractivity contribution in [1.29, 1.82) is 0 Å². The average Bonchev–Trinajstić information content (AvgIpc) is 2.53. The molecule has 0 atom stereocenters.